The molecule has 0 aliphatic rings. The zero-order valence-corrected chi connectivity index (χ0v) is 14.5. The van der Waals surface area contributed by atoms with Gasteiger partial charge in [-0.2, -0.15) is 5.10 Å². The Bertz CT molecular complexity index is 921. The fraction of sp³-hybridized carbons (Fsp3) is 0.100. The van der Waals surface area contributed by atoms with Gasteiger partial charge in [-0.15, -0.1) is 0 Å². The third kappa shape index (κ3) is 3.98. The van der Waals surface area contributed by atoms with E-state index in [-0.39, 0.29) is 5.91 Å². The van der Waals surface area contributed by atoms with E-state index in [0.29, 0.717) is 17.2 Å². The normalized spacial score (nSPS) is 11.0. The van der Waals surface area contributed by atoms with E-state index in [1.54, 1.807) is 30.5 Å². The molecule has 0 fully saturated rings. The van der Waals surface area contributed by atoms with Crippen LogP contribution in [-0.2, 0) is 0 Å². The van der Waals surface area contributed by atoms with Crippen molar-refractivity contribution < 1.29 is 9.53 Å². The first-order valence-corrected chi connectivity index (χ1v) is 8.30. The third-order valence-corrected chi connectivity index (χ3v) is 3.95. The van der Waals surface area contributed by atoms with Gasteiger partial charge in [0, 0.05) is 16.1 Å². The second-order valence-corrected chi connectivity index (χ2v) is 5.77. The molecule has 0 saturated carbocycles. The first-order chi connectivity index (χ1) is 12.2. The molecule has 3 aromatic rings. The van der Waals surface area contributed by atoms with Crippen molar-refractivity contribution in [3.8, 4) is 5.75 Å². The lowest BCUT2D eigenvalue weighted by atomic mass is 10.0. The topological polar surface area (TPSA) is 50.7 Å². The van der Waals surface area contributed by atoms with E-state index in [1.165, 1.54) is 0 Å². The van der Waals surface area contributed by atoms with E-state index in [9.17, 15) is 4.79 Å². The Morgan fingerprint density at radius 3 is 2.64 bits per heavy atom. The van der Waals surface area contributed by atoms with Crippen LogP contribution in [0.5, 0.6) is 5.75 Å². The van der Waals surface area contributed by atoms with Gasteiger partial charge in [0.05, 0.1) is 12.8 Å². The number of benzene rings is 3. The summed E-state index contributed by atoms with van der Waals surface area (Å²) < 4.78 is 5.68. The molecule has 0 bridgehead atoms. The third-order valence-electron chi connectivity index (χ3n) is 3.70. The summed E-state index contributed by atoms with van der Waals surface area (Å²) in [5, 5.41) is 6.77. The Kier molecular flexibility index (Phi) is 5.31. The van der Waals surface area contributed by atoms with Crippen molar-refractivity contribution in [3.63, 3.8) is 0 Å². The summed E-state index contributed by atoms with van der Waals surface area (Å²) >= 11 is 5.83. The standard InChI is InChI=1S/C20H17ClN2O2/c1-2-25-19-12-9-14-5-3-4-6-17(14)18(19)13-22-23-20(24)15-7-10-16(21)11-8-15/h3-13H,2H2,1H3,(H,23,24)/b22-13+. The molecule has 0 aliphatic carbocycles. The van der Waals surface area contributed by atoms with Crippen LogP contribution in [0.15, 0.2) is 65.8 Å². The zero-order chi connectivity index (χ0) is 17.6. The number of carbonyl (C=O) groups is 1. The van der Waals surface area contributed by atoms with Gasteiger partial charge >= 0.3 is 0 Å². The number of halogens is 1. The van der Waals surface area contributed by atoms with E-state index in [0.717, 1.165) is 22.1 Å². The average molecular weight is 353 g/mol. The minimum Gasteiger partial charge on any atom is -0.493 e. The molecule has 0 radical (unpaired) electrons. The average Bonchev–Trinajstić information content (AvgIpc) is 2.64. The molecule has 0 unspecified atom stereocenters. The van der Waals surface area contributed by atoms with Crippen molar-refractivity contribution in [3.05, 3.63) is 76.8 Å². The van der Waals surface area contributed by atoms with Crippen LogP contribution in [0.3, 0.4) is 0 Å². The largest absolute Gasteiger partial charge is 0.493 e. The number of hydrogen-bond donors (Lipinski definition) is 1. The van der Waals surface area contributed by atoms with E-state index < -0.39 is 0 Å². The molecule has 4 nitrogen and oxygen atoms in total. The van der Waals surface area contributed by atoms with Crippen molar-refractivity contribution in [1.82, 2.24) is 5.43 Å². The Morgan fingerprint density at radius 1 is 1.12 bits per heavy atom. The molecule has 0 spiro atoms. The van der Waals surface area contributed by atoms with Crippen LogP contribution in [0.25, 0.3) is 10.8 Å². The van der Waals surface area contributed by atoms with Gasteiger partial charge in [-0.05, 0) is 48.0 Å². The maximum Gasteiger partial charge on any atom is 0.271 e. The maximum atomic E-state index is 12.1. The molecule has 126 valence electrons. The number of ether oxygens (including phenoxy) is 1. The fourth-order valence-corrected chi connectivity index (χ4v) is 2.64. The van der Waals surface area contributed by atoms with Gasteiger partial charge in [-0.1, -0.05) is 41.9 Å². The quantitative estimate of drug-likeness (QED) is 0.536. The highest BCUT2D eigenvalue weighted by Crippen LogP contribution is 2.26. The highest BCUT2D eigenvalue weighted by Gasteiger charge is 2.07. The van der Waals surface area contributed by atoms with Gasteiger partial charge in [0.2, 0.25) is 0 Å². The molecule has 0 aromatic heterocycles. The molecule has 1 N–H and O–H groups in total. The number of nitrogens with one attached hydrogen (secondary N) is 1. The molecule has 0 saturated heterocycles. The van der Waals surface area contributed by atoms with Crippen molar-refractivity contribution in [2.24, 2.45) is 5.10 Å². The lowest BCUT2D eigenvalue weighted by Gasteiger charge is -2.10. The summed E-state index contributed by atoms with van der Waals surface area (Å²) in [5.41, 5.74) is 3.85. The van der Waals surface area contributed by atoms with E-state index in [2.05, 4.69) is 10.5 Å². The van der Waals surface area contributed by atoms with Gasteiger partial charge in [-0.25, -0.2) is 5.43 Å². The number of rotatable bonds is 5. The summed E-state index contributed by atoms with van der Waals surface area (Å²) in [5.74, 6) is 0.428. The van der Waals surface area contributed by atoms with Crippen LogP contribution in [0.4, 0.5) is 0 Å². The minimum atomic E-state index is -0.300. The summed E-state index contributed by atoms with van der Waals surface area (Å²) in [6, 6.07) is 18.5. The van der Waals surface area contributed by atoms with Gasteiger partial charge in [0.25, 0.3) is 5.91 Å². The van der Waals surface area contributed by atoms with Gasteiger partial charge in [0.15, 0.2) is 0 Å². The highest BCUT2D eigenvalue weighted by atomic mass is 35.5. The lowest BCUT2D eigenvalue weighted by Crippen LogP contribution is -2.17. The van der Waals surface area contributed by atoms with Gasteiger partial charge in [0.1, 0.15) is 5.75 Å². The fourth-order valence-electron chi connectivity index (χ4n) is 2.51. The Labute approximate surface area is 151 Å². The number of carbonyl (C=O) groups excluding carboxylic acids is 1. The number of nitrogens with zero attached hydrogens (tertiary/aromatic N) is 1. The number of hydrogen-bond acceptors (Lipinski definition) is 3. The molecule has 25 heavy (non-hydrogen) atoms. The summed E-state index contributed by atoms with van der Waals surface area (Å²) in [6.07, 6.45) is 1.61. The Balaban J connectivity index is 1.86. The summed E-state index contributed by atoms with van der Waals surface area (Å²) in [6.45, 7) is 2.48. The van der Waals surface area contributed by atoms with E-state index in [4.69, 9.17) is 16.3 Å². The molecule has 3 aromatic carbocycles. The number of hydrazone groups is 1. The monoisotopic (exact) mass is 352 g/mol. The second-order valence-electron chi connectivity index (χ2n) is 5.34. The van der Waals surface area contributed by atoms with Gasteiger partial charge in [-0.3, -0.25) is 4.79 Å². The van der Waals surface area contributed by atoms with Crippen LogP contribution >= 0.6 is 11.6 Å². The number of fused-ring (bicyclic) bond motifs is 1. The molecular formula is C20H17ClN2O2. The van der Waals surface area contributed by atoms with Crippen LogP contribution < -0.4 is 10.2 Å². The first kappa shape index (κ1) is 17.0. The van der Waals surface area contributed by atoms with E-state index >= 15 is 0 Å². The summed E-state index contributed by atoms with van der Waals surface area (Å²) in [4.78, 5) is 12.1. The van der Waals surface area contributed by atoms with Crippen LogP contribution in [0.1, 0.15) is 22.8 Å². The van der Waals surface area contributed by atoms with Gasteiger partial charge < -0.3 is 4.74 Å². The first-order valence-electron chi connectivity index (χ1n) is 7.92. The molecule has 5 heteroatoms. The molecule has 0 heterocycles. The predicted molar refractivity (Wildman–Crippen MR) is 102 cm³/mol. The van der Waals surface area contributed by atoms with Crippen LogP contribution in [-0.4, -0.2) is 18.7 Å². The lowest BCUT2D eigenvalue weighted by molar-refractivity contribution is 0.0955. The zero-order valence-electron chi connectivity index (χ0n) is 13.7. The van der Waals surface area contributed by atoms with Crippen molar-refractivity contribution >= 4 is 34.5 Å². The van der Waals surface area contributed by atoms with Crippen molar-refractivity contribution in [2.75, 3.05) is 6.61 Å². The minimum absolute atomic E-state index is 0.300. The molecule has 1 amide bonds. The highest BCUT2D eigenvalue weighted by molar-refractivity contribution is 6.30. The van der Waals surface area contributed by atoms with Crippen molar-refractivity contribution in [1.29, 1.82) is 0 Å². The SMILES string of the molecule is CCOc1ccc2ccccc2c1/C=N/NC(=O)c1ccc(Cl)cc1. The maximum absolute atomic E-state index is 12.1. The van der Waals surface area contributed by atoms with Crippen LogP contribution in [0, 0.1) is 0 Å². The molecule has 0 atom stereocenters. The predicted octanol–water partition coefficient (Wildman–Crippen LogP) is 4.66. The van der Waals surface area contributed by atoms with Crippen molar-refractivity contribution in [2.45, 2.75) is 6.92 Å². The Morgan fingerprint density at radius 2 is 1.88 bits per heavy atom. The number of amides is 1. The molecule has 0 aliphatic heterocycles. The Hall–Kier alpha value is -2.85. The second kappa shape index (κ2) is 7.81. The molecule has 3 rings (SSSR count). The van der Waals surface area contributed by atoms with Crippen LogP contribution in [0.2, 0.25) is 5.02 Å². The summed E-state index contributed by atoms with van der Waals surface area (Å²) in [7, 11) is 0. The van der Waals surface area contributed by atoms with E-state index in [1.807, 2.05) is 43.3 Å². The molecular weight excluding hydrogens is 336 g/mol. The smallest absolute Gasteiger partial charge is 0.271 e.